The van der Waals surface area contributed by atoms with Crippen molar-refractivity contribution in [2.75, 3.05) is 25.4 Å². The standard InChI is InChI=1S/C16H19N5S/c1-4-8-21(9-5-1)10-11-22-16-18-15-14(19-20-16)12-6-2-3-7-13(12)17-15/h2-3,6-7H,1,4-5,8-11H2,(H,17,18,20). The molecule has 1 fully saturated rings. The summed E-state index contributed by atoms with van der Waals surface area (Å²) < 4.78 is 0. The summed E-state index contributed by atoms with van der Waals surface area (Å²) in [5.74, 6) is 1.02. The van der Waals surface area contributed by atoms with Crippen LogP contribution in [0.3, 0.4) is 0 Å². The first-order valence-electron chi connectivity index (χ1n) is 7.86. The molecule has 1 saturated heterocycles. The highest BCUT2D eigenvalue weighted by molar-refractivity contribution is 7.99. The van der Waals surface area contributed by atoms with Gasteiger partial charge in [-0.3, -0.25) is 0 Å². The van der Waals surface area contributed by atoms with Crippen molar-refractivity contribution >= 4 is 33.8 Å². The molecule has 1 aromatic carbocycles. The van der Waals surface area contributed by atoms with E-state index < -0.39 is 0 Å². The van der Waals surface area contributed by atoms with Crippen molar-refractivity contribution in [1.82, 2.24) is 25.1 Å². The van der Waals surface area contributed by atoms with Gasteiger partial charge in [-0.2, -0.15) is 0 Å². The molecule has 0 aliphatic carbocycles. The molecule has 114 valence electrons. The Bertz CT molecular complexity index is 778. The van der Waals surface area contributed by atoms with Gasteiger partial charge >= 0.3 is 0 Å². The number of piperidine rings is 1. The van der Waals surface area contributed by atoms with Gasteiger partial charge in [-0.1, -0.05) is 36.4 Å². The van der Waals surface area contributed by atoms with Crippen LogP contribution in [-0.2, 0) is 0 Å². The number of fused-ring (bicyclic) bond motifs is 3. The minimum atomic E-state index is 0.760. The Kier molecular flexibility index (Phi) is 3.95. The number of aromatic nitrogens is 4. The number of para-hydroxylation sites is 1. The molecule has 0 amide bonds. The maximum atomic E-state index is 4.61. The van der Waals surface area contributed by atoms with Crippen molar-refractivity contribution in [1.29, 1.82) is 0 Å². The highest BCUT2D eigenvalue weighted by atomic mass is 32.2. The van der Waals surface area contributed by atoms with E-state index >= 15 is 0 Å². The van der Waals surface area contributed by atoms with Crippen molar-refractivity contribution in [3.05, 3.63) is 24.3 Å². The van der Waals surface area contributed by atoms with Crippen molar-refractivity contribution in [3.8, 4) is 0 Å². The second kappa shape index (κ2) is 6.22. The zero-order valence-electron chi connectivity index (χ0n) is 12.5. The number of benzene rings is 1. The van der Waals surface area contributed by atoms with E-state index in [0.29, 0.717) is 0 Å². The number of likely N-dealkylation sites (tertiary alicyclic amines) is 1. The van der Waals surface area contributed by atoms with E-state index in [1.54, 1.807) is 11.8 Å². The number of aromatic amines is 1. The van der Waals surface area contributed by atoms with Crippen LogP contribution in [0.1, 0.15) is 19.3 Å². The summed E-state index contributed by atoms with van der Waals surface area (Å²) in [5.41, 5.74) is 2.75. The van der Waals surface area contributed by atoms with Gasteiger partial charge in [0.1, 0.15) is 5.52 Å². The second-order valence-electron chi connectivity index (χ2n) is 5.71. The van der Waals surface area contributed by atoms with Gasteiger partial charge in [0, 0.05) is 23.2 Å². The molecule has 1 aliphatic heterocycles. The maximum Gasteiger partial charge on any atom is 0.211 e. The van der Waals surface area contributed by atoms with Gasteiger partial charge < -0.3 is 9.88 Å². The van der Waals surface area contributed by atoms with Crippen LogP contribution in [0.2, 0.25) is 0 Å². The van der Waals surface area contributed by atoms with E-state index in [1.165, 1.54) is 32.4 Å². The van der Waals surface area contributed by atoms with Gasteiger partial charge in [0.15, 0.2) is 5.65 Å². The average molecular weight is 313 g/mol. The van der Waals surface area contributed by atoms with Crippen LogP contribution in [0.25, 0.3) is 22.1 Å². The molecule has 0 spiro atoms. The fraction of sp³-hybridized carbons (Fsp3) is 0.438. The van der Waals surface area contributed by atoms with E-state index in [9.17, 15) is 0 Å². The Hall–Kier alpha value is -1.66. The van der Waals surface area contributed by atoms with Gasteiger partial charge in [-0.05, 0) is 32.0 Å². The highest BCUT2D eigenvalue weighted by Gasteiger charge is 2.11. The highest BCUT2D eigenvalue weighted by Crippen LogP contribution is 2.23. The molecule has 1 aliphatic rings. The number of nitrogens with one attached hydrogen (secondary N) is 1. The fourth-order valence-electron chi connectivity index (χ4n) is 3.02. The van der Waals surface area contributed by atoms with Crippen molar-refractivity contribution in [2.45, 2.75) is 24.4 Å². The third-order valence-corrected chi connectivity index (χ3v) is 5.01. The summed E-state index contributed by atoms with van der Waals surface area (Å²) in [5, 5.41) is 10.5. The molecule has 22 heavy (non-hydrogen) atoms. The number of hydrogen-bond acceptors (Lipinski definition) is 5. The zero-order valence-corrected chi connectivity index (χ0v) is 13.3. The molecule has 1 N–H and O–H groups in total. The van der Waals surface area contributed by atoms with Gasteiger partial charge in [0.2, 0.25) is 5.16 Å². The Balaban J connectivity index is 1.46. The van der Waals surface area contributed by atoms with Crippen LogP contribution in [0, 0.1) is 0 Å². The quantitative estimate of drug-likeness (QED) is 0.750. The van der Waals surface area contributed by atoms with Crippen LogP contribution in [-0.4, -0.2) is 50.5 Å². The molecule has 3 aromatic rings. The summed E-state index contributed by atoms with van der Waals surface area (Å²) in [4.78, 5) is 10.5. The SMILES string of the molecule is c1ccc2c(c1)[nH]c1nc(SCCN3CCCCC3)nnc12. The lowest BCUT2D eigenvalue weighted by Gasteiger charge is -2.25. The Labute approximate surface area is 133 Å². The summed E-state index contributed by atoms with van der Waals surface area (Å²) in [6.45, 7) is 3.58. The molecule has 3 heterocycles. The largest absolute Gasteiger partial charge is 0.338 e. The van der Waals surface area contributed by atoms with Crippen LogP contribution in [0.4, 0.5) is 0 Å². The third kappa shape index (κ3) is 2.80. The summed E-state index contributed by atoms with van der Waals surface area (Å²) in [7, 11) is 0. The van der Waals surface area contributed by atoms with E-state index in [-0.39, 0.29) is 0 Å². The first-order valence-corrected chi connectivity index (χ1v) is 8.85. The van der Waals surface area contributed by atoms with E-state index in [1.807, 2.05) is 24.3 Å². The van der Waals surface area contributed by atoms with Crippen LogP contribution >= 0.6 is 11.8 Å². The fourth-order valence-corrected chi connectivity index (χ4v) is 3.80. The van der Waals surface area contributed by atoms with E-state index in [2.05, 4.69) is 25.1 Å². The molecule has 6 heteroatoms. The Morgan fingerprint density at radius 2 is 1.95 bits per heavy atom. The number of nitrogens with zero attached hydrogens (tertiary/aromatic N) is 4. The molecular weight excluding hydrogens is 294 g/mol. The van der Waals surface area contributed by atoms with Gasteiger partial charge in [0.25, 0.3) is 0 Å². The minimum Gasteiger partial charge on any atom is -0.338 e. The van der Waals surface area contributed by atoms with Crippen LogP contribution < -0.4 is 0 Å². The molecular formula is C16H19N5S. The second-order valence-corrected chi connectivity index (χ2v) is 6.78. The maximum absolute atomic E-state index is 4.61. The minimum absolute atomic E-state index is 0.760. The first-order chi connectivity index (χ1) is 10.9. The van der Waals surface area contributed by atoms with Crippen molar-refractivity contribution < 1.29 is 0 Å². The third-order valence-electron chi connectivity index (χ3n) is 4.19. The molecule has 0 bridgehead atoms. The van der Waals surface area contributed by atoms with Crippen molar-refractivity contribution in [2.24, 2.45) is 0 Å². The number of rotatable bonds is 4. The van der Waals surface area contributed by atoms with E-state index in [0.717, 1.165) is 39.5 Å². The topological polar surface area (TPSA) is 57.7 Å². The number of H-pyrrole nitrogens is 1. The van der Waals surface area contributed by atoms with Crippen molar-refractivity contribution in [3.63, 3.8) is 0 Å². The summed E-state index contributed by atoms with van der Waals surface area (Å²) >= 11 is 1.69. The van der Waals surface area contributed by atoms with Gasteiger partial charge in [0.05, 0.1) is 0 Å². The van der Waals surface area contributed by atoms with Gasteiger partial charge in [-0.25, -0.2) is 4.98 Å². The summed E-state index contributed by atoms with van der Waals surface area (Å²) in [6.07, 6.45) is 4.06. The molecule has 0 atom stereocenters. The predicted molar refractivity (Wildman–Crippen MR) is 90.2 cm³/mol. The summed E-state index contributed by atoms with van der Waals surface area (Å²) in [6, 6.07) is 8.12. The van der Waals surface area contributed by atoms with Crippen LogP contribution in [0.15, 0.2) is 29.4 Å². The molecule has 0 radical (unpaired) electrons. The molecule has 0 unspecified atom stereocenters. The lowest BCUT2D eigenvalue weighted by molar-refractivity contribution is 0.242. The Morgan fingerprint density at radius 3 is 2.86 bits per heavy atom. The zero-order chi connectivity index (χ0) is 14.8. The lowest BCUT2D eigenvalue weighted by Crippen LogP contribution is -2.31. The average Bonchev–Trinajstić information content (AvgIpc) is 2.93. The van der Waals surface area contributed by atoms with Gasteiger partial charge in [-0.15, -0.1) is 10.2 Å². The molecule has 2 aromatic heterocycles. The predicted octanol–water partition coefficient (Wildman–Crippen LogP) is 3.08. The monoisotopic (exact) mass is 313 g/mol. The Morgan fingerprint density at radius 1 is 1.09 bits per heavy atom. The lowest BCUT2D eigenvalue weighted by atomic mass is 10.1. The van der Waals surface area contributed by atoms with E-state index in [4.69, 9.17) is 0 Å². The molecule has 5 nitrogen and oxygen atoms in total. The molecule has 0 saturated carbocycles. The smallest absolute Gasteiger partial charge is 0.211 e. The van der Waals surface area contributed by atoms with Crippen LogP contribution in [0.5, 0.6) is 0 Å². The first kappa shape index (κ1) is 14.0. The number of thioether (sulfide) groups is 1. The molecule has 4 rings (SSSR count). The normalized spacial score (nSPS) is 16.5. The number of hydrogen-bond donors (Lipinski definition) is 1.